The maximum absolute atomic E-state index is 12.4. The van der Waals surface area contributed by atoms with E-state index in [1.54, 1.807) is 0 Å². The standard InChI is InChI=1S/C29H44N2O4/c1-4-6-7-8-9-10-11-12-13-14-15-16-17-19-23-20-18-21-25(35-5-2)26(23)27-24(28(32)34-3)22-30-29(33)31-27/h10-11,18,20-22,27H,4-9,12-17,19H2,1-3H3,(H2,30,31,33)/b11-10-. The van der Waals surface area contributed by atoms with Crippen molar-refractivity contribution < 1.29 is 19.1 Å². The normalized spacial score (nSPS) is 15.5. The molecule has 0 saturated carbocycles. The first-order valence-electron chi connectivity index (χ1n) is 13.4. The number of carbonyl (C=O) groups excluding carboxylic acids is 2. The fraction of sp³-hybridized carbons (Fsp3) is 0.586. The molecule has 0 fully saturated rings. The molecule has 1 aliphatic rings. The highest BCUT2D eigenvalue weighted by atomic mass is 16.5. The van der Waals surface area contributed by atoms with Crippen LogP contribution in [0.5, 0.6) is 5.75 Å². The number of rotatable bonds is 17. The number of methoxy groups -OCH3 is 1. The van der Waals surface area contributed by atoms with Crippen LogP contribution in [-0.2, 0) is 16.0 Å². The number of unbranched alkanes of at least 4 members (excludes halogenated alkanes) is 9. The van der Waals surface area contributed by atoms with Gasteiger partial charge in [-0.25, -0.2) is 9.59 Å². The number of ether oxygens (including phenoxy) is 2. The topological polar surface area (TPSA) is 76.7 Å². The lowest BCUT2D eigenvalue weighted by atomic mass is 9.90. The van der Waals surface area contributed by atoms with Gasteiger partial charge in [-0.15, -0.1) is 0 Å². The average Bonchev–Trinajstić information content (AvgIpc) is 2.86. The summed E-state index contributed by atoms with van der Waals surface area (Å²) in [7, 11) is 1.34. The number of amides is 2. The fourth-order valence-corrected chi connectivity index (χ4v) is 4.45. The molecule has 6 nitrogen and oxygen atoms in total. The first kappa shape index (κ1) is 28.5. The van der Waals surface area contributed by atoms with Crippen molar-refractivity contribution in [1.29, 1.82) is 0 Å². The minimum Gasteiger partial charge on any atom is -0.493 e. The molecule has 1 unspecified atom stereocenters. The summed E-state index contributed by atoms with van der Waals surface area (Å²) in [6.07, 6.45) is 20.6. The minimum atomic E-state index is -0.609. The Morgan fingerprint density at radius 3 is 2.34 bits per heavy atom. The van der Waals surface area contributed by atoms with Crippen LogP contribution in [0.1, 0.15) is 102 Å². The Morgan fingerprint density at radius 2 is 1.66 bits per heavy atom. The van der Waals surface area contributed by atoms with E-state index in [9.17, 15) is 9.59 Å². The van der Waals surface area contributed by atoms with Crippen LogP contribution < -0.4 is 15.4 Å². The first-order valence-corrected chi connectivity index (χ1v) is 13.4. The average molecular weight is 485 g/mol. The van der Waals surface area contributed by atoms with Crippen molar-refractivity contribution in [1.82, 2.24) is 10.6 Å². The SMILES string of the molecule is CCCCCC/C=C\CCCCCCCc1cccc(OCC)c1C1NC(=O)NC=C1C(=O)OC. The Morgan fingerprint density at radius 1 is 0.971 bits per heavy atom. The Hall–Kier alpha value is -2.76. The van der Waals surface area contributed by atoms with Gasteiger partial charge in [-0.05, 0) is 57.1 Å². The molecule has 0 aliphatic carbocycles. The van der Waals surface area contributed by atoms with E-state index >= 15 is 0 Å². The second-order valence-corrected chi connectivity index (χ2v) is 9.03. The second kappa shape index (κ2) is 16.8. The van der Waals surface area contributed by atoms with Gasteiger partial charge in [0.25, 0.3) is 0 Å². The Labute approximate surface area is 211 Å². The van der Waals surface area contributed by atoms with Crippen LogP contribution in [0.15, 0.2) is 42.1 Å². The number of aryl methyl sites for hydroxylation is 1. The molecule has 2 rings (SSSR count). The third kappa shape index (κ3) is 9.79. The summed E-state index contributed by atoms with van der Waals surface area (Å²) < 4.78 is 10.8. The third-order valence-corrected chi connectivity index (χ3v) is 6.32. The third-order valence-electron chi connectivity index (χ3n) is 6.32. The lowest BCUT2D eigenvalue weighted by Gasteiger charge is -2.28. The lowest BCUT2D eigenvalue weighted by Crippen LogP contribution is -2.43. The van der Waals surface area contributed by atoms with Crippen molar-refractivity contribution in [2.45, 2.75) is 96.9 Å². The van der Waals surface area contributed by atoms with E-state index in [4.69, 9.17) is 9.47 Å². The van der Waals surface area contributed by atoms with Gasteiger partial charge in [-0.3, -0.25) is 0 Å². The van der Waals surface area contributed by atoms with Crippen molar-refractivity contribution in [3.63, 3.8) is 0 Å². The summed E-state index contributed by atoms with van der Waals surface area (Å²) >= 11 is 0. The molecule has 0 aromatic heterocycles. The minimum absolute atomic E-state index is 0.352. The van der Waals surface area contributed by atoms with Gasteiger partial charge in [0.05, 0.1) is 25.3 Å². The largest absolute Gasteiger partial charge is 0.493 e. The molecule has 2 amide bonds. The molecule has 0 radical (unpaired) electrons. The van der Waals surface area contributed by atoms with Gasteiger partial charge in [0.1, 0.15) is 5.75 Å². The highest BCUT2D eigenvalue weighted by molar-refractivity contribution is 5.94. The molecule has 0 spiro atoms. The van der Waals surface area contributed by atoms with E-state index < -0.39 is 12.0 Å². The quantitative estimate of drug-likeness (QED) is 0.143. The Bertz CT molecular complexity index is 847. The predicted octanol–water partition coefficient (Wildman–Crippen LogP) is 6.91. The molecule has 1 aromatic rings. The lowest BCUT2D eigenvalue weighted by molar-refractivity contribution is -0.136. The summed E-state index contributed by atoms with van der Waals surface area (Å²) in [4.78, 5) is 24.5. The van der Waals surface area contributed by atoms with E-state index in [1.165, 1.54) is 71.1 Å². The molecule has 1 atom stereocenters. The molecular weight excluding hydrogens is 440 g/mol. The number of hydrogen-bond donors (Lipinski definition) is 2. The van der Waals surface area contributed by atoms with Gasteiger partial charge in [0.15, 0.2) is 0 Å². The van der Waals surface area contributed by atoms with Crippen LogP contribution in [0, 0.1) is 0 Å². The zero-order chi connectivity index (χ0) is 25.3. The number of esters is 1. The van der Waals surface area contributed by atoms with Crippen LogP contribution in [0.25, 0.3) is 0 Å². The number of hydrogen-bond acceptors (Lipinski definition) is 4. The number of urea groups is 1. The summed E-state index contributed by atoms with van der Waals surface area (Å²) in [6.45, 7) is 4.68. The smallest absolute Gasteiger partial charge is 0.337 e. The zero-order valence-electron chi connectivity index (χ0n) is 21.9. The van der Waals surface area contributed by atoms with Crippen molar-refractivity contribution in [3.8, 4) is 5.75 Å². The van der Waals surface area contributed by atoms with Gasteiger partial charge in [0.2, 0.25) is 0 Å². The van der Waals surface area contributed by atoms with E-state index in [0.717, 1.165) is 30.4 Å². The summed E-state index contributed by atoms with van der Waals surface area (Å²) in [6, 6.07) is 4.97. The van der Waals surface area contributed by atoms with Crippen molar-refractivity contribution in [2.75, 3.05) is 13.7 Å². The van der Waals surface area contributed by atoms with Crippen LogP contribution in [0.3, 0.4) is 0 Å². The van der Waals surface area contributed by atoms with Crippen molar-refractivity contribution in [2.24, 2.45) is 0 Å². The van der Waals surface area contributed by atoms with Gasteiger partial charge in [-0.2, -0.15) is 0 Å². The predicted molar refractivity (Wildman–Crippen MR) is 141 cm³/mol. The van der Waals surface area contributed by atoms with Crippen molar-refractivity contribution in [3.05, 3.63) is 53.3 Å². The maximum Gasteiger partial charge on any atom is 0.337 e. The second-order valence-electron chi connectivity index (χ2n) is 9.03. The number of nitrogens with one attached hydrogen (secondary N) is 2. The van der Waals surface area contributed by atoms with Crippen molar-refractivity contribution >= 4 is 12.0 Å². The van der Waals surface area contributed by atoms with Crippen LogP contribution in [-0.4, -0.2) is 25.7 Å². The molecule has 6 heteroatoms. The molecule has 1 aromatic carbocycles. The van der Waals surface area contributed by atoms with E-state index in [-0.39, 0.29) is 6.03 Å². The van der Waals surface area contributed by atoms with Gasteiger partial charge < -0.3 is 20.1 Å². The number of carbonyl (C=O) groups is 2. The van der Waals surface area contributed by atoms with E-state index in [2.05, 4.69) is 35.8 Å². The molecule has 194 valence electrons. The first-order chi connectivity index (χ1) is 17.1. The van der Waals surface area contributed by atoms with Gasteiger partial charge in [-0.1, -0.05) is 69.7 Å². The Balaban J connectivity index is 1.89. The molecule has 0 saturated heterocycles. The van der Waals surface area contributed by atoms with Crippen LogP contribution in [0.2, 0.25) is 0 Å². The van der Waals surface area contributed by atoms with E-state index in [1.807, 2.05) is 19.1 Å². The van der Waals surface area contributed by atoms with Crippen LogP contribution in [0.4, 0.5) is 4.79 Å². The van der Waals surface area contributed by atoms with Gasteiger partial charge >= 0.3 is 12.0 Å². The molecular formula is C29H44N2O4. The van der Waals surface area contributed by atoms with Gasteiger partial charge in [0, 0.05) is 11.8 Å². The zero-order valence-corrected chi connectivity index (χ0v) is 21.9. The maximum atomic E-state index is 12.4. The number of benzene rings is 1. The molecule has 1 aliphatic heterocycles. The highest BCUT2D eigenvalue weighted by Gasteiger charge is 2.32. The summed E-state index contributed by atoms with van der Waals surface area (Å²) in [5, 5.41) is 5.44. The molecule has 1 heterocycles. The Kier molecular flexibility index (Phi) is 13.7. The monoisotopic (exact) mass is 484 g/mol. The fourth-order valence-electron chi connectivity index (χ4n) is 4.45. The summed E-state index contributed by atoms with van der Waals surface area (Å²) in [5.74, 6) is 0.211. The molecule has 0 bridgehead atoms. The summed E-state index contributed by atoms with van der Waals surface area (Å²) in [5.41, 5.74) is 2.29. The highest BCUT2D eigenvalue weighted by Crippen LogP contribution is 2.35. The molecule has 2 N–H and O–H groups in total. The number of allylic oxidation sites excluding steroid dienone is 2. The van der Waals surface area contributed by atoms with E-state index in [0.29, 0.717) is 17.9 Å². The van der Waals surface area contributed by atoms with Crippen LogP contribution >= 0.6 is 0 Å². The molecule has 35 heavy (non-hydrogen) atoms.